The summed E-state index contributed by atoms with van der Waals surface area (Å²) in [4.78, 5) is -0.0548. The Morgan fingerprint density at radius 1 is 0.880 bits per heavy atom. The van der Waals surface area contributed by atoms with E-state index in [1.165, 1.54) is 17.7 Å². The summed E-state index contributed by atoms with van der Waals surface area (Å²) in [5.74, 6) is -0.579. The van der Waals surface area contributed by atoms with Crippen LogP contribution in [-0.4, -0.2) is 8.42 Å². The van der Waals surface area contributed by atoms with Gasteiger partial charge in [0.2, 0.25) is 0 Å². The predicted octanol–water partition coefficient (Wildman–Crippen LogP) is 4.53. The molecular formula is C20H18FNO2S. The molecule has 25 heavy (non-hydrogen) atoms. The molecule has 0 atom stereocenters. The standard InChI is InChI=1S/C20H18FNO2S/c1-15-7-10-18(21)14-20(15)25(23,24)22-19-11-8-17(9-12-19)13-16-5-3-2-4-6-16/h2-12,14,22H,13H2,1H3. The first-order valence-corrected chi connectivity index (χ1v) is 9.34. The van der Waals surface area contributed by atoms with Crippen LogP contribution in [0.4, 0.5) is 10.1 Å². The van der Waals surface area contributed by atoms with Crippen molar-refractivity contribution in [3.05, 3.63) is 95.3 Å². The molecule has 0 radical (unpaired) electrons. The first kappa shape index (κ1) is 17.2. The highest BCUT2D eigenvalue weighted by Gasteiger charge is 2.17. The molecule has 0 saturated heterocycles. The van der Waals surface area contributed by atoms with Crippen molar-refractivity contribution in [3.63, 3.8) is 0 Å². The van der Waals surface area contributed by atoms with Crippen molar-refractivity contribution in [2.45, 2.75) is 18.2 Å². The van der Waals surface area contributed by atoms with Crippen LogP contribution >= 0.6 is 0 Å². The average Bonchev–Trinajstić information content (AvgIpc) is 2.59. The highest BCUT2D eigenvalue weighted by atomic mass is 32.2. The number of halogens is 1. The number of anilines is 1. The van der Waals surface area contributed by atoms with Crippen LogP contribution in [0.2, 0.25) is 0 Å². The van der Waals surface area contributed by atoms with Crippen molar-refractivity contribution in [3.8, 4) is 0 Å². The molecule has 0 bridgehead atoms. The van der Waals surface area contributed by atoms with Crippen LogP contribution in [0.15, 0.2) is 77.7 Å². The molecule has 3 rings (SSSR count). The van der Waals surface area contributed by atoms with E-state index in [4.69, 9.17) is 0 Å². The summed E-state index contributed by atoms with van der Waals surface area (Å²) in [5.41, 5.74) is 3.21. The van der Waals surface area contributed by atoms with Crippen molar-refractivity contribution >= 4 is 15.7 Å². The fraction of sp³-hybridized carbons (Fsp3) is 0.100. The van der Waals surface area contributed by atoms with Crippen molar-refractivity contribution < 1.29 is 12.8 Å². The molecule has 0 spiro atoms. The summed E-state index contributed by atoms with van der Waals surface area (Å²) in [6.07, 6.45) is 0.775. The Labute approximate surface area is 147 Å². The number of benzene rings is 3. The van der Waals surface area contributed by atoms with Gasteiger partial charge >= 0.3 is 0 Å². The van der Waals surface area contributed by atoms with Gasteiger partial charge in [-0.3, -0.25) is 4.72 Å². The summed E-state index contributed by atoms with van der Waals surface area (Å²) in [7, 11) is -3.83. The molecule has 3 nitrogen and oxygen atoms in total. The Hall–Kier alpha value is -2.66. The van der Waals surface area contributed by atoms with Gasteiger partial charge in [0.25, 0.3) is 10.0 Å². The van der Waals surface area contributed by atoms with Crippen LogP contribution in [0.5, 0.6) is 0 Å². The Balaban J connectivity index is 1.78. The number of rotatable bonds is 5. The quantitative estimate of drug-likeness (QED) is 0.731. The first-order valence-electron chi connectivity index (χ1n) is 7.86. The van der Waals surface area contributed by atoms with E-state index in [9.17, 15) is 12.8 Å². The van der Waals surface area contributed by atoms with Crippen molar-refractivity contribution in [2.75, 3.05) is 4.72 Å². The number of aryl methyl sites for hydroxylation is 1. The second-order valence-electron chi connectivity index (χ2n) is 5.87. The SMILES string of the molecule is Cc1ccc(F)cc1S(=O)(=O)Nc1ccc(Cc2ccccc2)cc1. The third-order valence-corrected chi connectivity index (χ3v) is 5.42. The summed E-state index contributed by atoms with van der Waals surface area (Å²) >= 11 is 0. The molecule has 0 unspecified atom stereocenters. The third kappa shape index (κ3) is 4.25. The maximum Gasteiger partial charge on any atom is 0.262 e. The largest absolute Gasteiger partial charge is 0.280 e. The van der Waals surface area contributed by atoms with E-state index in [0.717, 1.165) is 18.1 Å². The van der Waals surface area contributed by atoms with E-state index in [1.807, 2.05) is 42.5 Å². The van der Waals surface area contributed by atoms with Crippen LogP contribution in [0.3, 0.4) is 0 Å². The van der Waals surface area contributed by atoms with Crippen LogP contribution < -0.4 is 4.72 Å². The molecule has 0 aliphatic rings. The minimum Gasteiger partial charge on any atom is -0.280 e. The van der Waals surface area contributed by atoms with E-state index in [1.54, 1.807) is 19.1 Å². The zero-order chi connectivity index (χ0) is 17.9. The van der Waals surface area contributed by atoms with E-state index < -0.39 is 15.8 Å². The molecule has 128 valence electrons. The van der Waals surface area contributed by atoms with Gasteiger partial charge in [-0.25, -0.2) is 12.8 Å². The molecule has 3 aromatic rings. The Morgan fingerprint density at radius 3 is 2.20 bits per heavy atom. The maximum atomic E-state index is 13.4. The molecule has 5 heteroatoms. The maximum absolute atomic E-state index is 13.4. The van der Waals surface area contributed by atoms with E-state index in [0.29, 0.717) is 11.3 Å². The Bertz CT molecular complexity index is 968. The normalized spacial score (nSPS) is 11.3. The van der Waals surface area contributed by atoms with E-state index in [-0.39, 0.29) is 4.90 Å². The average molecular weight is 355 g/mol. The summed E-state index contributed by atoms with van der Waals surface area (Å²) in [6, 6.07) is 20.9. The van der Waals surface area contributed by atoms with Crippen LogP contribution in [0.1, 0.15) is 16.7 Å². The zero-order valence-electron chi connectivity index (χ0n) is 13.7. The molecule has 0 aromatic heterocycles. The molecule has 0 aliphatic carbocycles. The van der Waals surface area contributed by atoms with Gasteiger partial charge in [0.05, 0.1) is 4.90 Å². The number of nitrogens with one attached hydrogen (secondary N) is 1. The fourth-order valence-corrected chi connectivity index (χ4v) is 3.91. The molecule has 0 saturated carbocycles. The lowest BCUT2D eigenvalue weighted by Crippen LogP contribution is -2.14. The zero-order valence-corrected chi connectivity index (χ0v) is 14.6. The lowest BCUT2D eigenvalue weighted by molar-refractivity contribution is 0.594. The van der Waals surface area contributed by atoms with Crippen molar-refractivity contribution in [1.82, 2.24) is 0 Å². The highest BCUT2D eigenvalue weighted by Crippen LogP contribution is 2.21. The van der Waals surface area contributed by atoms with Gasteiger partial charge in [-0.05, 0) is 54.3 Å². The number of sulfonamides is 1. The smallest absolute Gasteiger partial charge is 0.262 e. The number of hydrogen-bond donors (Lipinski definition) is 1. The molecule has 0 aliphatic heterocycles. The van der Waals surface area contributed by atoms with Gasteiger partial charge in [-0.2, -0.15) is 0 Å². The molecule has 0 amide bonds. The Kier molecular flexibility index (Phi) is 4.86. The predicted molar refractivity (Wildman–Crippen MR) is 97.6 cm³/mol. The van der Waals surface area contributed by atoms with Crippen molar-refractivity contribution in [2.24, 2.45) is 0 Å². The van der Waals surface area contributed by atoms with Gasteiger partial charge < -0.3 is 0 Å². The molecule has 3 aromatic carbocycles. The monoisotopic (exact) mass is 355 g/mol. The van der Waals surface area contributed by atoms with Crippen LogP contribution in [0, 0.1) is 12.7 Å². The molecule has 0 fully saturated rings. The second kappa shape index (κ2) is 7.07. The van der Waals surface area contributed by atoms with Crippen LogP contribution in [0.25, 0.3) is 0 Å². The van der Waals surface area contributed by atoms with Gasteiger partial charge in [0.15, 0.2) is 0 Å². The van der Waals surface area contributed by atoms with Gasteiger partial charge in [-0.1, -0.05) is 48.5 Å². The number of hydrogen-bond acceptors (Lipinski definition) is 2. The molecular weight excluding hydrogens is 337 g/mol. The lowest BCUT2D eigenvalue weighted by Gasteiger charge is -2.11. The topological polar surface area (TPSA) is 46.2 Å². The fourth-order valence-electron chi connectivity index (χ4n) is 2.60. The summed E-state index contributed by atoms with van der Waals surface area (Å²) < 4.78 is 40.8. The molecule has 0 heterocycles. The summed E-state index contributed by atoms with van der Waals surface area (Å²) in [6.45, 7) is 1.64. The van der Waals surface area contributed by atoms with Gasteiger partial charge in [0.1, 0.15) is 5.82 Å². The van der Waals surface area contributed by atoms with Crippen LogP contribution in [-0.2, 0) is 16.4 Å². The first-order chi connectivity index (χ1) is 11.9. The lowest BCUT2D eigenvalue weighted by atomic mass is 10.1. The van der Waals surface area contributed by atoms with E-state index in [2.05, 4.69) is 4.72 Å². The van der Waals surface area contributed by atoms with Gasteiger partial charge in [0, 0.05) is 5.69 Å². The summed E-state index contributed by atoms with van der Waals surface area (Å²) in [5, 5.41) is 0. The highest BCUT2D eigenvalue weighted by molar-refractivity contribution is 7.92. The molecule has 1 N–H and O–H groups in total. The second-order valence-corrected chi connectivity index (χ2v) is 7.53. The Morgan fingerprint density at radius 2 is 1.52 bits per heavy atom. The minimum absolute atomic E-state index is 0.0548. The van der Waals surface area contributed by atoms with Gasteiger partial charge in [-0.15, -0.1) is 0 Å². The van der Waals surface area contributed by atoms with E-state index >= 15 is 0 Å². The van der Waals surface area contributed by atoms with Crippen molar-refractivity contribution in [1.29, 1.82) is 0 Å². The minimum atomic E-state index is -3.83. The third-order valence-electron chi connectivity index (χ3n) is 3.90.